The van der Waals surface area contributed by atoms with Crippen LogP contribution in [0.1, 0.15) is 49.9 Å². The molecule has 0 aromatic heterocycles. The van der Waals surface area contributed by atoms with Crippen LogP contribution >= 0.6 is 0 Å². The van der Waals surface area contributed by atoms with Crippen LogP contribution < -0.4 is 4.74 Å². The Hall–Kier alpha value is -1.55. The zero-order valence-electron chi connectivity index (χ0n) is 15.7. The average Bonchev–Trinajstić information content (AvgIpc) is 3.12. The third-order valence-electron chi connectivity index (χ3n) is 5.33. The summed E-state index contributed by atoms with van der Waals surface area (Å²) in [6.45, 7) is 10.8. The molecule has 2 aliphatic rings. The fourth-order valence-electron chi connectivity index (χ4n) is 4.25. The molecule has 0 bridgehead atoms. The van der Waals surface area contributed by atoms with Crippen LogP contribution in [0.15, 0.2) is 24.3 Å². The van der Waals surface area contributed by atoms with E-state index in [0.29, 0.717) is 0 Å². The highest BCUT2D eigenvalue weighted by molar-refractivity contribution is 5.94. The number of amides is 1. The number of likely N-dealkylation sites (tertiary alicyclic amines) is 2. The van der Waals surface area contributed by atoms with Crippen molar-refractivity contribution < 1.29 is 9.53 Å². The Labute approximate surface area is 152 Å². The second-order valence-electron chi connectivity index (χ2n) is 7.93. The first kappa shape index (κ1) is 18.2. The first-order chi connectivity index (χ1) is 12.1. The molecule has 4 heteroatoms. The Morgan fingerprint density at radius 1 is 1.08 bits per heavy atom. The van der Waals surface area contributed by atoms with Crippen LogP contribution in [0.25, 0.3) is 0 Å². The molecule has 0 saturated carbocycles. The Morgan fingerprint density at radius 3 is 2.36 bits per heavy atom. The van der Waals surface area contributed by atoms with Gasteiger partial charge in [0.25, 0.3) is 5.91 Å². The van der Waals surface area contributed by atoms with Gasteiger partial charge in [-0.3, -0.25) is 4.79 Å². The van der Waals surface area contributed by atoms with Crippen molar-refractivity contribution in [2.45, 2.75) is 39.5 Å². The summed E-state index contributed by atoms with van der Waals surface area (Å²) in [6, 6.07) is 7.64. The Balaban J connectivity index is 1.39. The summed E-state index contributed by atoms with van der Waals surface area (Å²) in [5.74, 6) is 2.63. The fourth-order valence-corrected chi connectivity index (χ4v) is 4.25. The summed E-state index contributed by atoms with van der Waals surface area (Å²) < 4.78 is 5.86. The highest BCUT2D eigenvalue weighted by atomic mass is 16.5. The molecule has 2 saturated heterocycles. The minimum absolute atomic E-state index is 0.150. The van der Waals surface area contributed by atoms with Crippen LogP contribution in [0.5, 0.6) is 5.75 Å². The number of nitrogens with zero attached hydrogens (tertiary/aromatic N) is 2. The van der Waals surface area contributed by atoms with Crippen molar-refractivity contribution in [2.75, 3.05) is 39.3 Å². The fraction of sp³-hybridized carbons (Fsp3) is 0.667. The number of hydrogen-bond acceptors (Lipinski definition) is 3. The van der Waals surface area contributed by atoms with Crippen molar-refractivity contribution in [2.24, 2.45) is 11.8 Å². The molecule has 138 valence electrons. The monoisotopic (exact) mass is 344 g/mol. The first-order valence-electron chi connectivity index (χ1n) is 9.86. The lowest BCUT2D eigenvalue weighted by Gasteiger charge is -2.34. The van der Waals surface area contributed by atoms with Crippen LogP contribution in [0.4, 0.5) is 0 Å². The number of carbonyl (C=O) groups is 1. The SMILES string of the molecule is C[C@@H]1C[C@@H](C)CN(CCCOc2ccc(C(=O)N3CCCC3)cc2)C1. The van der Waals surface area contributed by atoms with E-state index < -0.39 is 0 Å². The van der Waals surface area contributed by atoms with Crippen molar-refractivity contribution in [3.05, 3.63) is 29.8 Å². The third-order valence-corrected chi connectivity index (χ3v) is 5.33. The number of benzene rings is 1. The van der Waals surface area contributed by atoms with Gasteiger partial charge in [0.05, 0.1) is 6.61 Å². The van der Waals surface area contributed by atoms with Gasteiger partial charge in [-0.25, -0.2) is 0 Å². The number of hydrogen-bond donors (Lipinski definition) is 0. The lowest BCUT2D eigenvalue weighted by atomic mass is 9.92. The zero-order chi connectivity index (χ0) is 17.6. The van der Waals surface area contributed by atoms with Crippen LogP contribution in [0, 0.1) is 11.8 Å². The van der Waals surface area contributed by atoms with Gasteiger partial charge < -0.3 is 14.5 Å². The number of carbonyl (C=O) groups excluding carboxylic acids is 1. The van der Waals surface area contributed by atoms with E-state index >= 15 is 0 Å². The number of ether oxygens (including phenoxy) is 1. The molecule has 1 amide bonds. The molecule has 0 N–H and O–H groups in total. The summed E-state index contributed by atoms with van der Waals surface area (Å²) in [6.07, 6.45) is 4.66. The van der Waals surface area contributed by atoms with Crippen LogP contribution in [0.2, 0.25) is 0 Å². The van der Waals surface area contributed by atoms with Crippen LogP contribution in [-0.4, -0.2) is 55.0 Å². The summed E-state index contributed by atoms with van der Waals surface area (Å²) in [5.41, 5.74) is 0.769. The molecule has 3 rings (SSSR count). The molecule has 0 radical (unpaired) electrons. The van der Waals surface area contributed by atoms with Crippen LogP contribution in [-0.2, 0) is 0 Å². The molecular formula is C21H32N2O2. The Kier molecular flexibility index (Phi) is 6.35. The standard InChI is InChI=1S/C21H32N2O2/c1-17-14-18(2)16-22(15-17)10-5-13-25-20-8-6-19(7-9-20)21(24)23-11-3-4-12-23/h6-9,17-18H,3-5,10-16H2,1-2H3/t17-,18-/m1/s1. The third kappa shape index (κ3) is 5.21. The highest BCUT2D eigenvalue weighted by Gasteiger charge is 2.21. The van der Waals surface area contributed by atoms with E-state index in [1.165, 1.54) is 19.5 Å². The average molecular weight is 344 g/mol. The van der Waals surface area contributed by atoms with Gasteiger partial charge in [-0.2, -0.15) is 0 Å². The van der Waals surface area contributed by atoms with Crippen molar-refractivity contribution >= 4 is 5.91 Å². The van der Waals surface area contributed by atoms with Gasteiger partial charge in [-0.15, -0.1) is 0 Å². The molecule has 0 spiro atoms. The maximum Gasteiger partial charge on any atom is 0.253 e. The topological polar surface area (TPSA) is 32.8 Å². The molecule has 2 atom stereocenters. The van der Waals surface area contributed by atoms with E-state index in [1.807, 2.05) is 29.2 Å². The molecule has 1 aromatic rings. The van der Waals surface area contributed by atoms with E-state index in [9.17, 15) is 4.79 Å². The minimum Gasteiger partial charge on any atom is -0.494 e. The van der Waals surface area contributed by atoms with E-state index in [-0.39, 0.29) is 5.91 Å². The predicted octanol–water partition coefficient (Wildman–Crippen LogP) is 3.67. The molecule has 0 unspecified atom stereocenters. The van der Waals surface area contributed by atoms with Gasteiger partial charge >= 0.3 is 0 Å². The maximum atomic E-state index is 12.3. The number of piperidine rings is 1. The Bertz CT molecular complexity index is 542. The molecule has 0 aliphatic carbocycles. The molecule has 2 fully saturated rings. The smallest absolute Gasteiger partial charge is 0.253 e. The van der Waals surface area contributed by atoms with Crippen molar-refractivity contribution in [1.82, 2.24) is 9.80 Å². The van der Waals surface area contributed by atoms with Gasteiger partial charge in [0.15, 0.2) is 0 Å². The van der Waals surface area contributed by atoms with Gasteiger partial charge in [0, 0.05) is 38.3 Å². The van der Waals surface area contributed by atoms with E-state index in [2.05, 4.69) is 18.7 Å². The first-order valence-corrected chi connectivity index (χ1v) is 9.86. The molecular weight excluding hydrogens is 312 g/mol. The summed E-state index contributed by atoms with van der Waals surface area (Å²) >= 11 is 0. The second kappa shape index (κ2) is 8.70. The summed E-state index contributed by atoms with van der Waals surface area (Å²) in [4.78, 5) is 16.8. The zero-order valence-corrected chi connectivity index (χ0v) is 15.7. The van der Waals surface area contributed by atoms with Crippen molar-refractivity contribution in [1.29, 1.82) is 0 Å². The van der Waals surface area contributed by atoms with E-state index in [4.69, 9.17) is 4.74 Å². The van der Waals surface area contributed by atoms with E-state index in [1.54, 1.807) is 0 Å². The van der Waals surface area contributed by atoms with Gasteiger partial charge in [0.1, 0.15) is 5.75 Å². The summed E-state index contributed by atoms with van der Waals surface area (Å²) in [7, 11) is 0. The lowest BCUT2D eigenvalue weighted by Crippen LogP contribution is -2.39. The Morgan fingerprint density at radius 2 is 1.72 bits per heavy atom. The molecule has 4 nitrogen and oxygen atoms in total. The quantitative estimate of drug-likeness (QED) is 0.738. The number of rotatable bonds is 6. The molecule has 2 aliphatic heterocycles. The molecule has 1 aromatic carbocycles. The van der Waals surface area contributed by atoms with Gasteiger partial charge in [-0.1, -0.05) is 13.8 Å². The largest absolute Gasteiger partial charge is 0.494 e. The normalized spacial score (nSPS) is 24.5. The van der Waals surface area contributed by atoms with Gasteiger partial charge in [0.2, 0.25) is 0 Å². The molecule has 2 heterocycles. The summed E-state index contributed by atoms with van der Waals surface area (Å²) in [5, 5.41) is 0. The van der Waals surface area contributed by atoms with Crippen molar-refractivity contribution in [3.8, 4) is 5.75 Å². The second-order valence-corrected chi connectivity index (χ2v) is 7.93. The van der Waals surface area contributed by atoms with Crippen molar-refractivity contribution in [3.63, 3.8) is 0 Å². The minimum atomic E-state index is 0.150. The van der Waals surface area contributed by atoms with E-state index in [0.717, 1.165) is 68.7 Å². The van der Waals surface area contributed by atoms with Crippen LogP contribution in [0.3, 0.4) is 0 Å². The molecule has 25 heavy (non-hydrogen) atoms. The lowest BCUT2D eigenvalue weighted by molar-refractivity contribution is 0.0793. The van der Waals surface area contributed by atoms with Gasteiger partial charge in [-0.05, 0) is 61.8 Å². The predicted molar refractivity (Wildman–Crippen MR) is 101 cm³/mol. The highest BCUT2D eigenvalue weighted by Crippen LogP contribution is 2.21. The maximum absolute atomic E-state index is 12.3.